The van der Waals surface area contributed by atoms with Crippen molar-refractivity contribution < 1.29 is 9.90 Å². The molecule has 3 aromatic rings. The number of carbonyl (C=O) groups excluding carboxylic acids is 1. The monoisotopic (exact) mass is 530 g/mol. The van der Waals surface area contributed by atoms with Gasteiger partial charge in [-0.1, -0.05) is 79.0 Å². The minimum atomic E-state index is -0.604. The van der Waals surface area contributed by atoms with Crippen LogP contribution in [-0.4, -0.2) is 16.7 Å². The van der Waals surface area contributed by atoms with E-state index in [1.54, 1.807) is 29.2 Å². The number of allylic oxidation sites excluding steroid dienone is 2. The van der Waals surface area contributed by atoms with Gasteiger partial charge < -0.3 is 5.11 Å². The number of halogens is 2. The first-order valence-electron chi connectivity index (χ1n) is 12.2. The van der Waals surface area contributed by atoms with Gasteiger partial charge in [0.1, 0.15) is 11.6 Å². The molecule has 4 nitrogen and oxygen atoms in total. The van der Waals surface area contributed by atoms with Crippen LogP contribution in [0, 0.1) is 17.7 Å². The van der Waals surface area contributed by atoms with Gasteiger partial charge in [-0.3, -0.25) is 15.1 Å². The molecule has 0 saturated carbocycles. The predicted octanol–water partition coefficient (Wildman–Crippen LogP) is 8.50. The number of rotatable bonds is 3. The second-order valence-electron chi connectivity index (χ2n) is 10.6. The van der Waals surface area contributed by atoms with E-state index in [1.807, 2.05) is 55.5 Å². The van der Waals surface area contributed by atoms with Gasteiger partial charge in [-0.2, -0.15) is 0 Å². The lowest BCUT2D eigenvalue weighted by atomic mass is 9.67. The zero-order valence-corrected chi connectivity index (χ0v) is 22.5. The highest BCUT2D eigenvalue weighted by Gasteiger charge is 2.46. The van der Waals surface area contributed by atoms with Gasteiger partial charge in [-0.15, -0.1) is 0 Å². The number of carbonyl (C=O) groups is 1. The van der Waals surface area contributed by atoms with Crippen LogP contribution in [0.4, 0.5) is 5.69 Å². The third kappa shape index (κ3) is 4.72. The fourth-order valence-electron chi connectivity index (χ4n) is 5.34. The summed E-state index contributed by atoms with van der Waals surface area (Å²) < 4.78 is 0. The molecule has 1 atom stereocenters. The Balaban J connectivity index is 1.84. The van der Waals surface area contributed by atoms with Crippen molar-refractivity contribution in [3.05, 3.63) is 116 Å². The van der Waals surface area contributed by atoms with Crippen LogP contribution in [0.15, 0.2) is 89.6 Å². The molecular weight excluding hydrogens is 503 g/mol. The first-order valence-corrected chi connectivity index (χ1v) is 13.0. The molecule has 6 heteroatoms. The number of anilines is 1. The highest BCUT2D eigenvalue weighted by molar-refractivity contribution is 6.31. The van der Waals surface area contributed by atoms with Crippen LogP contribution in [0.1, 0.15) is 49.3 Å². The van der Waals surface area contributed by atoms with Crippen molar-refractivity contribution in [3.63, 3.8) is 0 Å². The van der Waals surface area contributed by atoms with Crippen LogP contribution in [0.5, 0.6) is 0 Å². The highest BCUT2D eigenvalue weighted by atomic mass is 35.5. The van der Waals surface area contributed by atoms with Crippen molar-refractivity contribution in [2.24, 2.45) is 5.41 Å². The van der Waals surface area contributed by atoms with Gasteiger partial charge >= 0.3 is 0 Å². The van der Waals surface area contributed by atoms with E-state index in [9.17, 15) is 15.3 Å². The average molecular weight is 531 g/mol. The van der Waals surface area contributed by atoms with Crippen molar-refractivity contribution in [1.82, 2.24) is 0 Å². The largest absolute Gasteiger partial charge is 0.507 e. The Labute approximate surface area is 227 Å². The van der Waals surface area contributed by atoms with Gasteiger partial charge in [0, 0.05) is 50.5 Å². The zero-order chi connectivity index (χ0) is 26.5. The lowest BCUT2D eigenvalue weighted by molar-refractivity contribution is -0.118. The van der Waals surface area contributed by atoms with Crippen LogP contribution in [0.25, 0.3) is 5.76 Å². The van der Waals surface area contributed by atoms with Crippen LogP contribution in [-0.2, 0) is 4.79 Å². The topological polar surface area (TPSA) is 64.4 Å². The Bertz CT molecular complexity index is 1450. The Morgan fingerprint density at radius 1 is 0.919 bits per heavy atom. The maximum Gasteiger partial charge on any atom is 0.162 e. The summed E-state index contributed by atoms with van der Waals surface area (Å²) in [6.45, 7) is 6.13. The third-order valence-electron chi connectivity index (χ3n) is 7.09. The number of aliphatic hydroxyl groups excluding tert-OH is 1. The SMILES string of the molecule is Cc1ccc(/C(O)=C2\C(=N)N(c3ccc(Cl)cc3)C3=C(C(=O)CC(C)(C)C3)[C@H]2c2ccc(Cl)cc2)cc1. The van der Waals surface area contributed by atoms with E-state index in [2.05, 4.69) is 13.8 Å². The van der Waals surface area contributed by atoms with E-state index < -0.39 is 5.92 Å². The summed E-state index contributed by atoms with van der Waals surface area (Å²) in [6.07, 6.45) is 0.998. The minimum absolute atomic E-state index is 0.0202. The van der Waals surface area contributed by atoms with E-state index in [4.69, 9.17) is 23.2 Å². The normalized spacial score (nSPS) is 20.7. The molecule has 0 spiro atoms. The lowest BCUT2D eigenvalue weighted by Gasteiger charge is -2.45. The average Bonchev–Trinajstić information content (AvgIpc) is 2.84. The number of benzene rings is 3. The molecule has 1 aliphatic heterocycles. The second kappa shape index (κ2) is 9.51. The molecule has 0 bridgehead atoms. The number of hydrogen-bond donors (Lipinski definition) is 2. The number of amidine groups is 1. The van der Waals surface area contributed by atoms with E-state index in [1.165, 1.54) is 0 Å². The number of nitrogens with zero attached hydrogens (tertiary/aromatic N) is 1. The first kappa shape index (κ1) is 25.3. The molecule has 1 aliphatic carbocycles. The van der Waals surface area contributed by atoms with E-state index >= 15 is 0 Å². The molecular formula is C31H28Cl2N2O2. The standard InChI is InChI=1S/C31H28Cl2N2O2/c1-18-4-6-20(7-5-18)29(37)28-26(19-8-10-21(32)11-9-19)27-24(16-31(2,3)17-25(27)36)35(30(28)34)23-14-12-22(33)13-15-23/h4-15,26,34,37H,16-17H2,1-3H3/b29-28+,34-30?/t26-/m1/s1. The summed E-state index contributed by atoms with van der Waals surface area (Å²) in [5, 5.41) is 22.3. The molecule has 188 valence electrons. The molecule has 0 fully saturated rings. The molecule has 2 aliphatic rings. The van der Waals surface area contributed by atoms with Crippen LogP contribution in [0.3, 0.4) is 0 Å². The number of nitrogens with one attached hydrogen (secondary N) is 1. The number of ketones is 1. The van der Waals surface area contributed by atoms with E-state index in [-0.39, 0.29) is 22.8 Å². The third-order valence-corrected chi connectivity index (χ3v) is 7.59. The maximum absolute atomic E-state index is 13.9. The molecule has 0 radical (unpaired) electrons. The van der Waals surface area contributed by atoms with Crippen molar-refractivity contribution in [2.75, 3.05) is 4.90 Å². The maximum atomic E-state index is 13.9. The Morgan fingerprint density at radius 2 is 1.49 bits per heavy atom. The molecule has 2 N–H and O–H groups in total. The fourth-order valence-corrected chi connectivity index (χ4v) is 5.60. The first-order chi connectivity index (χ1) is 17.6. The van der Waals surface area contributed by atoms with Gasteiger partial charge in [-0.05, 0) is 60.7 Å². The highest BCUT2D eigenvalue weighted by Crippen LogP contribution is 2.51. The minimum Gasteiger partial charge on any atom is -0.507 e. The smallest absolute Gasteiger partial charge is 0.162 e. The molecule has 37 heavy (non-hydrogen) atoms. The number of aryl methyl sites for hydroxylation is 1. The lowest BCUT2D eigenvalue weighted by Crippen LogP contribution is -2.45. The fraction of sp³-hybridized carbons (Fsp3) is 0.226. The molecule has 0 saturated heterocycles. The molecule has 1 heterocycles. The summed E-state index contributed by atoms with van der Waals surface area (Å²) in [4.78, 5) is 15.7. The summed E-state index contributed by atoms with van der Waals surface area (Å²) in [5.41, 5.74) is 4.68. The molecule has 5 rings (SSSR count). The van der Waals surface area contributed by atoms with Crippen molar-refractivity contribution in [1.29, 1.82) is 5.41 Å². The Morgan fingerprint density at radius 3 is 2.08 bits per heavy atom. The van der Waals surface area contributed by atoms with E-state index in [0.717, 1.165) is 22.5 Å². The number of aliphatic hydroxyl groups is 1. The van der Waals surface area contributed by atoms with Crippen LogP contribution >= 0.6 is 23.2 Å². The van der Waals surface area contributed by atoms with Crippen molar-refractivity contribution >= 4 is 46.3 Å². The Kier molecular flexibility index (Phi) is 6.51. The number of hydrogen-bond acceptors (Lipinski definition) is 3. The van der Waals surface area contributed by atoms with Gasteiger partial charge in [0.15, 0.2) is 5.78 Å². The van der Waals surface area contributed by atoms with Crippen molar-refractivity contribution in [2.45, 2.75) is 39.5 Å². The molecule has 0 amide bonds. The second-order valence-corrected chi connectivity index (χ2v) is 11.4. The van der Waals surface area contributed by atoms with Crippen molar-refractivity contribution in [3.8, 4) is 0 Å². The molecule has 0 aromatic heterocycles. The van der Waals surface area contributed by atoms with E-state index in [0.29, 0.717) is 39.6 Å². The molecule has 0 unspecified atom stereocenters. The summed E-state index contributed by atoms with van der Waals surface area (Å²) in [6, 6.07) is 22.1. The quantitative estimate of drug-likeness (QED) is 0.333. The molecule has 3 aromatic carbocycles. The summed E-state index contributed by atoms with van der Waals surface area (Å²) in [5.74, 6) is -0.474. The van der Waals surface area contributed by atoms with Gasteiger partial charge in [0.05, 0.1) is 0 Å². The predicted molar refractivity (Wildman–Crippen MR) is 152 cm³/mol. The number of Topliss-reactive ketones (excluding diaryl/α,β-unsaturated/α-hetero) is 1. The zero-order valence-electron chi connectivity index (χ0n) is 21.0. The summed E-state index contributed by atoms with van der Waals surface area (Å²) in [7, 11) is 0. The van der Waals surface area contributed by atoms with Crippen LogP contribution < -0.4 is 4.90 Å². The van der Waals surface area contributed by atoms with Gasteiger partial charge in [-0.25, -0.2) is 0 Å². The Hall–Kier alpha value is -3.34. The van der Waals surface area contributed by atoms with Crippen LogP contribution in [0.2, 0.25) is 10.0 Å². The summed E-state index contributed by atoms with van der Waals surface area (Å²) >= 11 is 12.4. The van der Waals surface area contributed by atoms with Gasteiger partial charge in [0.2, 0.25) is 0 Å². The van der Waals surface area contributed by atoms with Gasteiger partial charge in [0.25, 0.3) is 0 Å².